The van der Waals surface area contributed by atoms with Crippen LogP contribution in [0.25, 0.3) is 0 Å². The van der Waals surface area contributed by atoms with E-state index in [4.69, 9.17) is 0 Å². The average molecular weight is 458 g/mol. The lowest BCUT2D eigenvalue weighted by Gasteiger charge is -2.34. The zero-order chi connectivity index (χ0) is 22.8. The quantitative estimate of drug-likeness (QED) is 0.659. The van der Waals surface area contributed by atoms with Crippen LogP contribution in [0.5, 0.6) is 0 Å². The van der Waals surface area contributed by atoms with Gasteiger partial charge in [0.15, 0.2) is 0 Å². The number of sulfonamides is 1. The van der Waals surface area contributed by atoms with E-state index in [0.717, 1.165) is 18.1 Å². The molecule has 1 atom stereocenters. The summed E-state index contributed by atoms with van der Waals surface area (Å²) < 4.78 is 79.5. The maximum atomic E-state index is 13.4. The van der Waals surface area contributed by atoms with Crippen LogP contribution in [-0.2, 0) is 21.0 Å². The van der Waals surface area contributed by atoms with Crippen LogP contribution in [0.1, 0.15) is 36.8 Å². The maximum absolute atomic E-state index is 13.4. The van der Waals surface area contributed by atoms with Crippen LogP contribution in [0.2, 0.25) is 0 Å². The van der Waals surface area contributed by atoms with Gasteiger partial charge >= 0.3 is 6.18 Å². The first-order chi connectivity index (χ1) is 14.5. The summed E-state index contributed by atoms with van der Waals surface area (Å²) in [5.74, 6) is -2.08. The fourth-order valence-electron chi connectivity index (χ4n) is 3.59. The van der Waals surface area contributed by atoms with Gasteiger partial charge in [0.1, 0.15) is 5.82 Å². The van der Waals surface area contributed by atoms with Crippen molar-refractivity contribution in [3.63, 3.8) is 0 Å². The zero-order valence-corrected chi connectivity index (χ0v) is 17.6. The Hall–Kier alpha value is -2.46. The average Bonchev–Trinajstić information content (AvgIpc) is 2.69. The fourth-order valence-corrected chi connectivity index (χ4v) is 5.28. The lowest BCUT2D eigenvalue weighted by atomic mass is 10.0. The summed E-state index contributed by atoms with van der Waals surface area (Å²) in [7, 11) is -3.82. The molecule has 0 aliphatic carbocycles. The molecule has 1 N–H and O–H groups in total. The van der Waals surface area contributed by atoms with Crippen molar-refractivity contribution in [3.8, 4) is 0 Å². The van der Waals surface area contributed by atoms with Crippen LogP contribution < -0.4 is 5.32 Å². The molecule has 1 aliphatic heterocycles. The van der Waals surface area contributed by atoms with Gasteiger partial charge in [0.05, 0.1) is 10.5 Å². The number of piperidine rings is 1. The third-order valence-corrected chi connectivity index (χ3v) is 7.14. The summed E-state index contributed by atoms with van der Waals surface area (Å²) in [5.41, 5.74) is -0.778. The molecular weight excluding hydrogens is 436 g/mol. The summed E-state index contributed by atoms with van der Waals surface area (Å²) in [4.78, 5) is 12.6. The van der Waals surface area contributed by atoms with Crippen molar-refractivity contribution in [2.75, 3.05) is 11.9 Å². The van der Waals surface area contributed by atoms with Crippen molar-refractivity contribution in [2.45, 2.75) is 49.7 Å². The van der Waals surface area contributed by atoms with E-state index in [1.165, 1.54) is 16.4 Å². The molecule has 0 unspecified atom stereocenters. The van der Waals surface area contributed by atoms with E-state index in [-0.39, 0.29) is 23.5 Å². The van der Waals surface area contributed by atoms with E-state index in [1.807, 2.05) is 6.92 Å². The van der Waals surface area contributed by atoms with E-state index < -0.39 is 39.5 Å². The number of hydrogen-bond acceptors (Lipinski definition) is 3. The number of rotatable bonds is 5. The highest BCUT2D eigenvalue weighted by atomic mass is 32.2. The molecule has 1 fully saturated rings. The Morgan fingerprint density at radius 2 is 1.81 bits per heavy atom. The molecule has 2 aromatic rings. The van der Waals surface area contributed by atoms with Crippen LogP contribution in [0.15, 0.2) is 47.4 Å². The molecule has 0 bridgehead atoms. The third-order valence-electron chi connectivity index (χ3n) is 5.18. The van der Waals surface area contributed by atoms with Crippen molar-refractivity contribution in [3.05, 3.63) is 59.4 Å². The van der Waals surface area contributed by atoms with Gasteiger partial charge < -0.3 is 5.32 Å². The monoisotopic (exact) mass is 458 g/mol. The minimum absolute atomic E-state index is 0.124. The van der Waals surface area contributed by atoms with Crippen molar-refractivity contribution in [2.24, 2.45) is 0 Å². The molecule has 1 aliphatic rings. The van der Waals surface area contributed by atoms with Gasteiger partial charge in [0.25, 0.3) is 0 Å². The molecule has 0 saturated carbocycles. The predicted molar refractivity (Wildman–Crippen MR) is 107 cm³/mol. The normalized spacial score (nSPS) is 18.0. The van der Waals surface area contributed by atoms with E-state index in [0.29, 0.717) is 25.0 Å². The molecule has 5 nitrogen and oxygen atoms in total. The van der Waals surface area contributed by atoms with Gasteiger partial charge in [0, 0.05) is 24.7 Å². The van der Waals surface area contributed by atoms with Gasteiger partial charge in [-0.1, -0.05) is 24.1 Å². The summed E-state index contributed by atoms with van der Waals surface area (Å²) in [6.45, 7) is 2.09. The number of carbonyl (C=O) groups excluding carboxylic acids is 1. The first-order valence-corrected chi connectivity index (χ1v) is 11.2. The van der Waals surface area contributed by atoms with Crippen molar-refractivity contribution in [1.29, 1.82) is 0 Å². The second-order valence-corrected chi connectivity index (χ2v) is 9.41. The molecule has 0 aromatic heterocycles. The van der Waals surface area contributed by atoms with Gasteiger partial charge in [0.2, 0.25) is 15.9 Å². The predicted octanol–water partition coefficient (Wildman–Crippen LogP) is 4.72. The Kier molecular flexibility index (Phi) is 6.70. The highest BCUT2D eigenvalue weighted by molar-refractivity contribution is 7.89. The summed E-state index contributed by atoms with van der Waals surface area (Å²) >= 11 is 0. The molecule has 3 rings (SSSR count). The SMILES string of the molecule is Cc1ccc(S(=O)(=O)N2CCCC[C@@H]2CC(=O)Nc2ccc(F)c(C(F)(F)F)c2)cc1. The van der Waals surface area contributed by atoms with Crippen LogP contribution in [0.4, 0.5) is 23.2 Å². The molecular formula is C21H22F4N2O3S. The number of nitrogens with zero attached hydrogens (tertiary/aromatic N) is 1. The second kappa shape index (κ2) is 8.96. The number of nitrogens with one attached hydrogen (secondary N) is 1. The molecule has 31 heavy (non-hydrogen) atoms. The number of anilines is 1. The lowest BCUT2D eigenvalue weighted by Crippen LogP contribution is -2.45. The van der Waals surface area contributed by atoms with Crippen LogP contribution in [0, 0.1) is 12.7 Å². The Morgan fingerprint density at radius 3 is 2.45 bits per heavy atom. The molecule has 2 aromatic carbocycles. The number of alkyl halides is 3. The van der Waals surface area contributed by atoms with Gasteiger partial charge in [-0.15, -0.1) is 0 Å². The zero-order valence-electron chi connectivity index (χ0n) is 16.7. The summed E-state index contributed by atoms with van der Waals surface area (Å²) in [6, 6.07) is 7.95. The number of benzene rings is 2. The molecule has 0 radical (unpaired) electrons. The topological polar surface area (TPSA) is 66.5 Å². The van der Waals surface area contributed by atoms with Gasteiger partial charge in [-0.3, -0.25) is 4.79 Å². The number of carbonyl (C=O) groups is 1. The first kappa shape index (κ1) is 23.2. The van der Waals surface area contributed by atoms with E-state index >= 15 is 0 Å². The standard InChI is InChI=1S/C21H22F4N2O3S/c1-14-5-8-17(9-6-14)31(29,30)27-11-3-2-4-16(27)13-20(28)26-15-7-10-19(22)18(12-15)21(23,24)25/h5-10,12,16H,2-4,11,13H2,1H3,(H,26,28)/t16-/m1/s1. The second-order valence-electron chi connectivity index (χ2n) is 7.52. The lowest BCUT2D eigenvalue weighted by molar-refractivity contribution is -0.140. The van der Waals surface area contributed by atoms with Gasteiger partial charge in [-0.25, -0.2) is 12.8 Å². The number of aryl methyl sites for hydroxylation is 1. The highest BCUT2D eigenvalue weighted by Crippen LogP contribution is 2.33. The highest BCUT2D eigenvalue weighted by Gasteiger charge is 2.36. The fraction of sp³-hybridized carbons (Fsp3) is 0.381. The largest absolute Gasteiger partial charge is 0.419 e. The minimum Gasteiger partial charge on any atom is -0.326 e. The summed E-state index contributed by atoms with van der Waals surface area (Å²) in [5, 5.41) is 2.32. The smallest absolute Gasteiger partial charge is 0.326 e. The Bertz CT molecular complexity index is 1050. The molecule has 1 amide bonds. The minimum atomic E-state index is -4.90. The number of amides is 1. The van der Waals surface area contributed by atoms with Crippen molar-refractivity contribution < 1.29 is 30.8 Å². The van der Waals surface area contributed by atoms with E-state index in [2.05, 4.69) is 5.32 Å². The maximum Gasteiger partial charge on any atom is 0.419 e. The van der Waals surface area contributed by atoms with Crippen molar-refractivity contribution >= 4 is 21.6 Å². The molecule has 1 saturated heterocycles. The van der Waals surface area contributed by atoms with Gasteiger partial charge in [-0.2, -0.15) is 17.5 Å². The Morgan fingerprint density at radius 1 is 1.13 bits per heavy atom. The van der Waals surface area contributed by atoms with Gasteiger partial charge in [-0.05, 0) is 50.1 Å². The Labute approximate surface area is 178 Å². The number of hydrogen-bond donors (Lipinski definition) is 1. The third kappa shape index (κ3) is 5.43. The number of halogens is 4. The van der Waals surface area contributed by atoms with Crippen molar-refractivity contribution in [1.82, 2.24) is 4.31 Å². The summed E-state index contributed by atoms with van der Waals surface area (Å²) in [6.07, 6.45) is -3.28. The van der Waals surface area contributed by atoms with Crippen LogP contribution >= 0.6 is 0 Å². The van der Waals surface area contributed by atoms with Crippen LogP contribution in [-0.4, -0.2) is 31.2 Å². The molecule has 10 heteroatoms. The Balaban J connectivity index is 1.76. The first-order valence-electron chi connectivity index (χ1n) is 9.73. The van der Waals surface area contributed by atoms with E-state index in [1.54, 1.807) is 12.1 Å². The molecule has 1 heterocycles. The molecule has 0 spiro atoms. The molecule has 168 valence electrons. The van der Waals surface area contributed by atoms with E-state index in [9.17, 15) is 30.8 Å². The van der Waals surface area contributed by atoms with Crippen LogP contribution in [0.3, 0.4) is 0 Å².